The lowest BCUT2D eigenvalue weighted by Crippen LogP contribution is -2.16. The first-order chi connectivity index (χ1) is 17.5. The summed E-state index contributed by atoms with van der Waals surface area (Å²) >= 11 is 0. The van der Waals surface area contributed by atoms with Crippen LogP contribution in [0.1, 0.15) is 29.3 Å². The van der Waals surface area contributed by atoms with Crippen molar-refractivity contribution in [1.29, 1.82) is 5.26 Å². The van der Waals surface area contributed by atoms with Gasteiger partial charge in [0.25, 0.3) is 11.8 Å². The van der Waals surface area contributed by atoms with Crippen LogP contribution < -0.4 is 24.8 Å². The summed E-state index contributed by atoms with van der Waals surface area (Å²) in [6.07, 6.45) is 2.38. The second kappa shape index (κ2) is 12.6. The molecular formula is C28H27N3O5. The molecule has 0 saturated carbocycles. The van der Waals surface area contributed by atoms with Crippen LogP contribution in [0.3, 0.4) is 0 Å². The van der Waals surface area contributed by atoms with Gasteiger partial charge in [-0.2, -0.15) is 5.26 Å². The van der Waals surface area contributed by atoms with E-state index >= 15 is 0 Å². The summed E-state index contributed by atoms with van der Waals surface area (Å²) in [5.41, 5.74) is 1.70. The van der Waals surface area contributed by atoms with Gasteiger partial charge in [-0.25, -0.2) is 0 Å². The minimum atomic E-state index is -0.620. The first-order valence-electron chi connectivity index (χ1n) is 11.3. The van der Waals surface area contributed by atoms with Crippen molar-refractivity contribution in [3.63, 3.8) is 0 Å². The summed E-state index contributed by atoms with van der Waals surface area (Å²) < 4.78 is 16.4. The number of rotatable bonds is 10. The molecule has 2 N–H and O–H groups in total. The van der Waals surface area contributed by atoms with Gasteiger partial charge in [0.05, 0.1) is 32.2 Å². The van der Waals surface area contributed by atoms with Crippen LogP contribution in [0, 0.1) is 11.3 Å². The highest BCUT2D eigenvalue weighted by molar-refractivity contribution is 6.11. The van der Waals surface area contributed by atoms with E-state index < -0.39 is 5.91 Å². The molecule has 0 atom stereocenters. The molecule has 0 aliphatic rings. The maximum Gasteiger partial charge on any atom is 0.266 e. The van der Waals surface area contributed by atoms with Gasteiger partial charge in [-0.05, 0) is 42.3 Å². The van der Waals surface area contributed by atoms with Crippen LogP contribution in [-0.4, -0.2) is 32.6 Å². The predicted octanol–water partition coefficient (Wildman–Crippen LogP) is 5.29. The summed E-state index contributed by atoms with van der Waals surface area (Å²) in [4.78, 5) is 25.5. The smallest absolute Gasteiger partial charge is 0.266 e. The molecule has 0 spiro atoms. The van der Waals surface area contributed by atoms with E-state index in [1.807, 2.05) is 19.1 Å². The lowest BCUT2D eigenvalue weighted by atomic mass is 10.1. The number of ether oxygens (including phenoxy) is 3. The molecule has 0 aromatic heterocycles. The van der Waals surface area contributed by atoms with Gasteiger partial charge < -0.3 is 24.8 Å². The number of benzene rings is 3. The second-order valence-corrected chi connectivity index (χ2v) is 7.61. The fourth-order valence-electron chi connectivity index (χ4n) is 3.26. The highest BCUT2D eigenvalue weighted by Crippen LogP contribution is 2.37. The number of nitriles is 1. The van der Waals surface area contributed by atoms with Gasteiger partial charge in [0.1, 0.15) is 28.9 Å². The number of carbonyl (C=O) groups excluding carboxylic acids is 2. The number of nitrogens with zero attached hydrogens (tertiary/aromatic N) is 1. The van der Waals surface area contributed by atoms with Crippen LogP contribution in [-0.2, 0) is 4.79 Å². The third kappa shape index (κ3) is 6.64. The third-order valence-electron chi connectivity index (χ3n) is 5.08. The molecule has 3 aromatic rings. The average molecular weight is 486 g/mol. The maximum atomic E-state index is 12.9. The lowest BCUT2D eigenvalue weighted by Gasteiger charge is -2.16. The fourth-order valence-corrected chi connectivity index (χ4v) is 3.26. The average Bonchev–Trinajstić information content (AvgIpc) is 2.92. The SMILES string of the molecule is CCCOc1ccc(/C=C(\C#N)C(=O)Nc2cc(OC)c(NC(=O)c3ccccc3)cc2OC)cc1. The van der Waals surface area contributed by atoms with Crippen molar-refractivity contribution in [1.82, 2.24) is 0 Å². The monoisotopic (exact) mass is 485 g/mol. The minimum absolute atomic E-state index is 0.0975. The molecule has 0 fully saturated rings. The van der Waals surface area contributed by atoms with Crippen LogP contribution in [0.15, 0.2) is 72.3 Å². The van der Waals surface area contributed by atoms with E-state index in [2.05, 4.69) is 10.6 Å². The van der Waals surface area contributed by atoms with Crippen LogP contribution in [0.25, 0.3) is 6.08 Å². The highest BCUT2D eigenvalue weighted by Gasteiger charge is 2.18. The Morgan fingerprint density at radius 3 is 2.08 bits per heavy atom. The van der Waals surface area contributed by atoms with Crippen LogP contribution >= 0.6 is 0 Å². The van der Waals surface area contributed by atoms with Gasteiger partial charge in [-0.1, -0.05) is 37.3 Å². The minimum Gasteiger partial charge on any atom is -0.494 e. The molecule has 2 amide bonds. The normalized spacial score (nSPS) is 10.7. The Hall–Kier alpha value is -4.77. The quantitative estimate of drug-likeness (QED) is 0.298. The summed E-state index contributed by atoms with van der Waals surface area (Å²) in [6, 6.07) is 20.8. The Bertz CT molecular complexity index is 1280. The molecule has 0 bridgehead atoms. The fraction of sp³-hybridized carbons (Fsp3) is 0.179. The van der Waals surface area contributed by atoms with Crippen molar-refractivity contribution in [2.24, 2.45) is 0 Å². The highest BCUT2D eigenvalue weighted by atomic mass is 16.5. The molecule has 0 aliphatic heterocycles. The van der Waals surface area contributed by atoms with Crippen molar-refractivity contribution in [2.45, 2.75) is 13.3 Å². The van der Waals surface area contributed by atoms with Gasteiger partial charge in [0.2, 0.25) is 0 Å². The molecule has 0 unspecified atom stereocenters. The van der Waals surface area contributed by atoms with Gasteiger partial charge in [-0.3, -0.25) is 9.59 Å². The zero-order valence-electron chi connectivity index (χ0n) is 20.3. The molecule has 0 saturated heterocycles. The topological polar surface area (TPSA) is 110 Å². The summed E-state index contributed by atoms with van der Waals surface area (Å²) in [7, 11) is 2.88. The zero-order valence-corrected chi connectivity index (χ0v) is 20.3. The summed E-state index contributed by atoms with van der Waals surface area (Å²) in [5, 5.41) is 15.1. The van der Waals surface area contributed by atoms with Crippen molar-refractivity contribution in [3.05, 3.63) is 83.4 Å². The van der Waals surface area contributed by atoms with E-state index in [4.69, 9.17) is 14.2 Å². The van der Waals surface area contributed by atoms with E-state index in [0.717, 1.165) is 6.42 Å². The van der Waals surface area contributed by atoms with Crippen LogP contribution in [0.4, 0.5) is 11.4 Å². The number of nitrogens with one attached hydrogen (secondary N) is 2. The molecular weight excluding hydrogens is 458 g/mol. The van der Waals surface area contributed by atoms with Gasteiger partial charge in [0.15, 0.2) is 0 Å². The lowest BCUT2D eigenvalue weighted by molar-refractivity contribution is -0.112. The maximum absolute atomic E-state index is 12.9. The van der Waals surface area contributed by atoms with Crippen molar-refractivity contribution >= 4 is 29.3 Å². The Morgan fingerprint density at radius 2 is 1.53 bits per heavy atom. The van der Waals surface area contributed by atoms with Gasteiger partial charge in [-0.15, -0.1) is 0 Å². The van der Waals surface area contributed by atoms with E-state index in [0.29, 0.717) is 34.9 Å². The standard InChI is InChI=1S/C28H27N3O5/c1-4-14-36-22-12-10-19(11-13-22)15-21(18-29)28(33)31-24-17-25(34-2)23(16-26(24)35-3)30-27(32)20-8-6-5-7-9-20/h5-13,15-17H,4,14H2,1-3H3,(H,30,32)(H,31,33)/b21-15+. The Balaban J connectivity index is 1.81. The van der Waals surface area contributed by atoms with Crippen LogP contribution in [0.2, 0.25) is 0 Å². The predicted molar refractivity (Wildman–Crippen MR) is 138 cm³/mol. The first-order valence-corrected chi connectivity index (χ1v) is 11.3. The van der Waals surface area contributed by atoms with Crippen molar-refractivity contribution < 1.29 is 23.8 Å². The second-order valence-electron chi connectivity index (χ2n) is 7.61. The number of carbonyl (C=O) groups is 2. The number of amides is 2. The summed E-state index contributed by atoms with van der Waals surface area (Å²) in [5.74, 6) is 0.356. The Morgan fingerprint density at radius 1 is 0.917 bits per heavy atom. The van der Waals surface area contributed by atoms with E-state index in [-0.39, 0.29) is 22.9 Å². The van der Waals surface area contributed by atoms with E-state index in [1.54, 1.807) is 54.6 Å². The van der Waals surface area contributed by atoms with E-state index in [1.165, 1.54) is 26.4 Å². The number of hydrogen-bond acceptors (Lipinski definition) is 6. The van der Waals surface area contributed by atoms with Gasteiger partial charge >= 0.3 is 0 Å². The Labute approximate surface area is 210 Å². The molecule has 8 nitrogen and oxygen atoms in total. The molecule has 0 heterocycles. The molecule has 0 aliphatic carbocycles. The molecule has 8 heteroatoms. The molecule has 36 heavy (non-hydrogen) atoms. The molecule has 3 aromatic carbocycles. The zero-order chi connectivity index (χ0) is 25.9. The number of anilines is 2. The number of methoxy groups -OCH3 is 2. The summed E-state index contributed by atoms with van der Waals surface area (Å²) in [6.45, 7) is 2.63. The van der Waals surface area contributed by atoms with Crippen molar-refractivity contribution in [3.8, 4) is 23.3 Å². The molecule has 184 valence electrons. The van der Waals surface area contributed by atoms with Gasteiger partial charge in [0, 0.05) is 17.7 Å². The number of hydrogen-bond donors (Lipinski definition) is 2. The third-order valence-corrected chi connectivity index (χ3v) is 5.08. The molecule has 0 radical (unpaired) electrons. The van der Waals surface area contributed by atoms with Crippen molar-refractivity contribution in [2.75, 3.05) is 31.5 Å². The largest absolute Gasteiger partial charge is 0.494 e. The van der Waals surface area contributed by atoms with Crippen LogP contribution in [0.5, 0.6) is 17.2 Å². The molecule has 3 rings (SSSR count). The Kier molecular flexibility index (Phi) is 9.06. The van der Waals surface area contributed by atoms with E-state index in [9.17, 15) is 14.9 Å². The first kappa shape index (κ1) is 25.8.